The van der Waals surface area contributed by atoms with Gasteiger partial charge in [0.05, 0.1) is 18.0 Å². The van der Waals surface area contributed by atoms with E-state index in [0.717, 1.165) is 19.6 Å². The molecule has 2 rings (SSSR count). The fourth-order valence-corrected chi connectivity index (χ4v) is 4.57. The maximum Gasteiger partial charge on any atom is 0.183 e. The van der Waals surface area contributed by atoms with E-state index >= 15 is 0 Å². The monoisotopic (exact) mass is 332 g/mol. The summed E-state index contributed by atoms with van der Waals surface area (Å²) in [5, 5.41) is 0. The van der Waals surface area contributed by atoms with Crippen molar-refractivity contribution in [2.24, 2.45) is 5.92 Å². The molecule has 1 saturated carbocycles. The van der Waals surface area contributed by atoms with Gasteiger partial charge >= 0.3 is 0 Å². The van der Waals surface area contributed by atoms with E-state index in [1.54, 1.807) is 0 Å². The number of rotatable bonds is 1. The molecule has 2 unspecified atom stereocenters. The number of ether oxygens (including phenoxy) is 2. The average Bonchev–Trinajstić information content (AvgIpc) is 2.90. The van der Waals surface area contributed by atoms with Crippen LogP contribution in [0.25, 0.3) is 0 Å². The standard InChI is InChI=1S/C16H29BrO2/c1-2-14-10-8-6-4-3-5-7-9-11-15(17)16(14)18-12-13-19-16/h14-15H,2-13H2,1H3. The topological polar surface area (TPSA) is 18.5 Å². The van der Waals surface area contributed by atoms with Crippen molar-refractivity contribution in [3.8, 4) is 0 Å². The van der Waals surface area contributed by atoms with E-state index in [2.05, 4.69) is 22.9 Å². The van der Waals surface area contributed by atoms with Crippen LogP contribution in [-0.2, 0) is 9.47 Å². The van der Waals surface area contributed by atoms with Crippen molar-refractivity contribution < 1.29 is 9.47 Å². The van der Waals surface area contributed by atoms with Crippen LogP contribution in [0.5, 0.6) is 0 Å². The predicted octanol–water partition coefficient (Wildman–Crippen LogP) is 5.04. The Morgan fingerprint density at radius 3 is 2.00 bits per heavy atom. The molecule has 0 N–H and O–H groups in total. The van der Waals surface area contributed by atoms with Crippen LogP contribution in [0.15, 0.2) is 0 Å². The molecule has 1 saturated heterocycles. The molecule has 3 heteroatoms. The molecule has 2 nitrogen and oxygen atoms in total. The van der Waals surface area contributed by atoms with Gasteiger partial charge in [0, 0.05) is 5.92 Å². The highest BCUT2D eigenvalue weighted by molar-refractivity contribution is 9.09. The molecule has 2 atom stereocenters. The smallest absolute Gasteiger partial charge is 0.183 e. The van der Waals surface area contributed by atoms with Crippen LogP contribution in [0, 0.1) is 5.92 Å². The first-order valence-corrected chi connectivity index (χ1v) is 9.13. The number of hydrogen-bond acceptors (Lipinski definition) is 2. The third-order valence-electron chi connectivity index (χ3n) is 4.75. The zero-order valence-electron chi connectivity index (χ0n) is 12.3. The van der Waals surface area contributed by atoms with Crippen LogP contribution in [0.3, 0.4) is 0 Å². The van der Waals surface area contributed by atoms with Crippen molar-refractivity contribution in [1.82, 2.24) is 0 Å². The van der Waals surface area contributed by atoms with Crippen molar-refractivity contribution in [3.05, 3.63) is 0 Å². The van der Waals surface area contributed by atoms with Gasteiger partial charge in [-0.15, -0.1) is 0 Å². The van der Waals surface area contributed by atoms with Crippen LogP contribution in [0.2, 0.25) is 0 Å². The van der Waals surface area contributed by atoms with Gasteiger partial charge in [0.2, 0.25) is 0 Å². The van der Waals surface area contributed by atoms with Gasteiger partial charge in [0.25, 0.3) is 0 Å². The summed E-state index contributed by atoms with van der Waals surface area (Å²) in [4.78, 5) is 0.354. The van der Waals surface area contributed by atoms with E-state index in [1.165, 1.54) is 57.8 Å². The van der Waals surface area contributed by atoms with Gasteiger partial charge in [-0.05, 0) is 19.3 Å². The molecule has 112 valence electrons. The van der Waals surface area contributed by atoms with Gasteiger partial charge in [-0.25, -0.2) is 0 Å². The molecule has 0 amide bonds. The summed E-state index contributed by atoms with van der Waals surface area (Å²) in [5.74, 6) is 0.201. The van der Waals surface area contributed by atoms with Crippen LogP contribution in [0.1, 0.15) is 71.1 Å². The normalized spacial score (nSPS) is 33.8. The van der Waals surface area contributed by atoms with Crippen LogP contribution < -0.4 is 0 Å². The summed E-state index contributed by atoms with van der Waals surface area (Å²) >= 11 is 3.89. The summed E-state index contributed by atoms with van der Waals surface area (Å²) in [6.45, 7) is 3.81. The Bertz CT molecular complexity index is 251. The fourth-order valence-electron chi connectivity index (χ4n) is 3.61. The second-order valence-electron chi connectivity index (χ2n) is 6.04. The molecule has 1 aliphatic carbocycles. The van der Waals surface area contributed by atoms with E-state index in [1.807, 2.05) is 0 Å². The molecule has 0 radical (unpaired) electrons. The minimum absolute atomic E-state index is 0.339. The lowest BCUT2D eigenvalue weighted by Crippen LogP contribution is -2.47. The summed E-state index contributed by atoms with van der Waals surface area (Å²) in [6.07, 6.45) is 13.1. The molecule has 0 aromatic rings. The summed E-state index contributed by atoms with van der Waals surface area (Å²) in [5.41, 5.74) is 0. The SMILES string of the molecule is CCC1CCCCCCCCCC(Br)C12OCCO2. The number of hydrogen-bond donors (Lipinski definition) is 0. The zero-order chi connectivity index (χ0) is 13.6. The van der Waals surface area contributed by atoms with Gasteiger partial charge in [0.15, 0.2) is 5.79 Å². The van der Waals surface area contributed by atoms with Crippen LogP contribution >= 0.6 is 15.9 Å². The Balaban J connectivity index is 2.06. The lowest BCUT2D eigenvalue weighted by atomic mass is 9.85. The summed E-state index contributed by atoms with van der Waals surface area (Å²) < 4.78 is 12.3. The Morgan fingerprint density at radius 1 is 0.895 bits per heavy atom. The minimum atomic E-state index is -0.339. The van der Waals surface area contributed by atoms with E-state index in [0.29, 0.717) is 10.7 Å². The lowest BCUT2D eigenvalue weighted by molar-refractivity contribution is -0.197. The molecule has 0 bridgehead atoms. The molecule has 0 aromatic heterocycles. The molecule has 0 aromatic carbocycles. The first-order valence-electron chi connectivity index (χ1n) is 8.21. The quantitative estimate of drug-likeness (QED) is 0.626. The predicted molar refractivity (Wildman–Crippen MR) is 82.7 cm³/mol. The molecular weight excluding hydrogens is 304 g/mol. The summed E-state index contributed by atoms with van der Waals surface area (Å²) in [6, 6.07) is 0. The molecule has 1 aliphatic heterocycles. The maximum absolute atomic E-state index is 6.13. The van der Waals surface area contributed by atoms with Crippen molar-refractivity contribution in [2.45, 2.75) is 81.7 Å². The van der Waals surface area contributed by atoms with Crippen molar-refractivity contribution >= 4 is 15.9 Å². The van der Waals surface area contributed by atoms with Crippen LogP contribution in [0.4, 0.5) is 0 Å². The number of alkyl halides is 1. The summed E-state index contributed by atoms with van der Waals surface area (Å²) in [7, 11) is 0. The first-order chi connectivity index (χ1) is 9.29. The maximum atomic E-state index is 6.13. The van der Waals surface area contributed by atoms with E-state index < -0.39 is 0 Å². The second kappa shape index (κ2) is 7.99. The first kappa shape index (κ1) is 15.8. The Hall–Kier alpha value is 0.400. The highest BCUT2D eigenvalue weighted by atomic mass is 79.9. The molecule has 19 heavy (non-hydrogen) atoms. The zero-order valence-corrected chi connectivity index (χ0v) is 13.9. The molecule has 1 spiro atoms. The van der Waals surface area contributed by atoms with E-state index in [9.17, 15) is 0 Å². The lowest BCUT2D eigenvalue weighted by Gasteiger charge is -2.39. The van der Waals surface area contributed by atoms with Crippen molar-refractivity contribution in [2.75, 3.05) is 13.2 Å². The third kappa shape index (κ3) is 3.95. The largest absolute Gasteiger partial charge is 0.346 e. The Kier molecular flexibility index (Phi) is 6.64. The third-order valence-corrected chi connectivity index (χ3v) is 5.84. The van der Waals surface area contributed by atoms with E-state index in [-0.39, 0.29) is 5.79 Å². The highest BCUT2D eigenvalue weighted by Crippen LogP contribution is 2.42. The second-order valence-corrected chi connectivity index (χ2v) is 7.15. The molecule has 2 aliphatic rings. The van der Waals surface area contributed by atoms with Gasteiger partial charge < -0.3 is 9.47 Å². The highest BCUT2D eigenvalue weighted by Gasteiger charge is 2.48. The molecular formula is C16H29BrO2. The van der Waals surface area contributed by atoms with Gasteiger partial charge in [0.1, 0.15) is 0 Å². The van der Waals surface area contributed by atoms with Crippen LogP contribution in [-0.4, -0.2) is 23.8 Å². The molecule has 2 fully saturated rings. The van der Waals surface area contributed by atoms with Gasteiger partial charge in [-0.1, -0.05) is 67.8 Å². The van der Waals surface area contributed by atoms with Crippen molar-refractivity contribution in [3.63, 3.8) is 0 Å². The van der Waals surface area contributed by atoms with Gasteiger partial charge in [-0.2, -0.15) is 0 Å². The van der Waals surface area contributed by atoms with Gasteiger partial charge in [-0.3, -0.25) is 0 Å². The van der Waals surface area contributed by atoms with E-state index in [4.69, 9.17) is 9.47 Å². The number of halogens is 1. The molecule has 1 heterocycles. The Labute approximate surface area is 126 Å². The minimum Gasteiger partial charge on any atom is -0.346 e. The van der Waals surface area contributed by atoms with Crippen molar-refractivity contribution in [1.29, 1.82) is 0 Å². The average molecular weight is 333 g/mol. The fraction of sp³-hybridized carbons (Fsp3) is 1.00. The Morgan fingerprint density at radius 2 is 1.42 bits per heavy atom.